The summed E-state index contributed by atoms with van der Waals surface area (Å²) in [5, 5.41) is 14.5. The minimum Gasteiger partial charge on any atom is -0.396 e. The second-order valence-corrected chi connectivity index (χ2v) is 5.81. The molecule has 2 rings (SSSR count). The summed E-state index contributed by atoms with van der Waals surface area (Å²) < 4.78 is 0. The van der Waals surface area contributed by atoms with Crippen molar-refractivity contribution < 1.29 is 9.90 Å². The largest absolute Gasteiger partial charge is 0.396 e. The Morgan fingerprint density at radius 3 is 2.91 bits per heavy atom. The van der Waals surface area contributed by atoms with Crippen molar-refractivity contribution in [2.75, 3.05) is 24.6 Å². The summed E-state index contributed by atoms with van der Waals surface area (Å²) >= 11 is 0. The van der Waals surface area contributed by atoms with E-state index in [2.05, 4.69) is 20.5 Å². The molecule has 1 aliphatic rings. The van der Waals surface area contributed by atoms with E-state index in [-0.39, 0.29) is 18.7 Å². The van der Waals surface area contributed by atoms with Crippen LogP contribution in [0.1, 0.15) is 38.2 Å². The van der Waals surface area contributed by atoms with Crippen LogP contribution in [0.4, 0.5) is 10.6 Å². The average molecular weight is 306 g/mol. The predicted octanol–water partition coefficient (Wildman–Crippen LogP) is 1.64. The van der Waals surface area contributed by atoms with Crippen LogP contribution < -0.4 is 15.5 Å². The first-order valence-electron chi connectivity index (χ1n) is 8.04. The highest BCUT2D eigenvalue weighted by Crippen LogP contribution is 2.18. The lowest BCUT2D eigenvalue weighted by Crippen LogP contribution is -2.40. The minimum absolute atomic E-state index is 0.0358. The highest BCUT2D eigenvalue weighted by Gasteiger charge is 2.12. The molecule has 0 aliphatic carbocycles. The van der Waals surface area contributed by atoms with Gasteiger partial charge in [0.05, 0.1) is 0 Å². The normalized spacial score (nSPS) is 16.2. The molecule has 1 aliphatic heterocycles. The van der Waals surface area contributed by atoms with Crippen LogP contribution in [0.5, 0.6) is 0 Å². The summed E-state index contributed by atoms with van der Waals surface area (Å²) in [5.74, 6) is 0.994. The fourth-order valence-corrected chi connectivity index (χ4v) is 2.59. The Bertz CT molecular complexity index is 475. The fourth-order valence-electron chi connectivity index (χ4n) is 2.59. The van der Waals surface area contributed by atoms with Gasteiger partial charge in [-0.25, -0.2) is 9.78 Å². The number of hydrogen-bond donors (Lipinski definition) is 3. The van der Waals surface area contributed by atoms with E-state index in [0.29, 0.717) is 13.0 Å². The summed E-state index contributed by atoms with van der Waals surface area (Å²) in [6, 6.07) is 3.72. The van der Waals surface area contributed by atoms with E-state index in [1.165, 1.54) is 19.3 Å². The number of nitrogens with zero attached hydrogens (tertiary/aromatic N) is 2. The van der Waals surface area contributed by atoms with Crippen LogP contribution in [-0.4, -0.2) is 41.9 Å². The lowest BCUT2D eigenvalue weighted by Gasteiger charge is -2.27. The highest BCUT2D eigenvalue weighted by molar-refractivity contribution is 5.74. The molecule has 1 aromatic heterocycles. The van der Waals surface area contributed by atoms with Crippen LogP contribution in [0.25, 0.3) is 0 Å². The van der Waals surface area contributed by atoms with Gasteiger partial charge in [0.2, 0.25) is 0 Å². The standard InChI is InChI=1S/C16H26N4O2/c1-13(6-10-21)19-16(22)18-12-14-5-7-17-15(11-14)20-8-3-2-4-9-20/h5,7,11,13,21H,2-4,6,8-10,12H2,1H3,(H2,18,19,22)/t13-/m1/s1. The zero-order valence-corrected chi connectivity index (χ0v) is 13.2. The van der Waals surface area contributed by atoms with Gasteiger partial charge in [-0.3, -0.25) is 0 Å². The molecule has 122 valence electrons. The number of hydrogen-bond acceptors (Lipinski definition) is 4. The van der Waals surface area contributed by atoms with E-state index >= 15 is 0 Å². The molecular formula is C16H26N4O2. The monoisotopic (exact) mass is 306 g/mol. The maximum Gasteiger partial charge on any atom is 0.315 e. The Kier molecular flexibility index (Phi) is 6.45. The molecule has 0 saturated carbocycles. The third kappa shape index (κ3) is 5.18. The van der Waals surface area contributed by atoms with E-state index in [4.69, 9.17) is 5.11 Å². The second kappa shape index (κ2) is 8.58. The molecule has 0 radical (unpaired) electrons. The number of carbonyl (C=O) groups is 1. The molecule has 22 heavy (non-hydrogen) atoms. The number of amides is 2. The highest BCUT2D eigenvalue weighted by atomic mass is 16.3. The molecular weight excluding hydrogens is 280 g/mol. The van der Waals surface area contributed by atoms with Gasteiger partial charge in [0.1, 0.15) is 5.82 Å². The van der Waals surface area contributed by atoms with Crippen molar-refractivity contribution in [3.05, 3.63) is 23.9 Å². The van der Waals surface area contributed by atoms with Crippen molar-refractivity contribution in [2.24, 2.45) is 0 Å². The van der Waals surface area contributed by atoms with Crippen molar-refractivity contribution in [3.8, 4) is 0 Å². The van der Waals surface area contributed by atoms with Gasteiger partial charge in [-0.1, -0.05) is 0 Å². The van der Waals surface area contributed by atoms with Crippen molar-refractivity contribution in [2.45, 2.75) is 45.2 Å². The summed E-state index contributed by atoms with van der Waals surface area (Å²) in [6.07, 6.45) is 6.09. The molecule has 0 spiro atoms. The quantitative estimate of drug-likeness (QED) is 0.747. The Hall–Kier alpha value is -1.82. The fraction of sp³-hybridized carbons (Fsp3) is 0.625. The van der Waals surface area contributed by atoms with Crippen LogP contribution in [0.15, 0.2) is 18.3 Å². The SMILES string of the molecule is C[C@H](CCO)NC(=O)NCc1ccnc(N2CCCCC2)c1. The van der Waals surface area contributed by atoms with E-state index in [1.807, 2.05) is 19.1 Å². The number of aliphatic hydroxyl groups is 1. The first-order valence-corrected chi connectivity index (χ1v) is 8.04. The summed E-state index contributed by atoms with van der Waals surface area (Å²) in [6.45, 7) is 4.54. The van der Waals surface area contributed by atoms with Gasteiger partial charge in [-0.05, 0) is 50.3 Å². The smallest absolute Gasteiger partial charge is 0.315 e. The third-order valence-electron chi connectivity index (χ3n) is 3.88. The first-order chi connectivity index (χ1) is 10.7. The summed E-state index contributed by atoms with van der Waals surface area (Å²) in [5.41, 5.74) is 1.04. The van der Waals surface area contributed by atoms with Crippen LogP contribution in [-0.2, 0) is 6.54 Å². The number of rotatable bonds is 6. The van der Waals surface area contributed by atoms with Gasteiger partial charge in [0, 0.05) is 38.5 Å². The van der Waals surface area contributed by atoms with E-state index in [1.54, 1.807) is 6.20 Å². The molecule has 3 N–H and O–H groups in total. The second-order valence-electron chi connectivity index (χ2n) is 5.81. The molecule has 1 atom stereocenters. The maximum absolute atomic E-state index is 11.8. The van der Waals surface area contributed by atoms with Crippen LogP contribution in [0, 0.1) is 0 Å². The Morgan fingerprint density at radius 2 is 2.18 bits per heavy atom. The predicted molar refractivity (Wildman–Crippen MR) is 86.8 cm³/mol. The van der Waals surface area contributed by atoms with Gasteiger partial charge in [-0.2, -0.15) is 0 Å². The Balaban J connectivity index is 1.83. The number of nitrogens with one attached hydrogen (secondary N) is 2. The third-order valence-corrected chi connectivity index (χ3v) is 3.88. The van der Waals surface area contributed by atoms with Crippen molar-refractivity contribution >= 4 is 11.8 Å². The molecule has 2 heterocycles. The zero-order chi connectivity index (χ0) is 15.8. The van der Waals surface area contributed by atoms with Gasteiger partial charge in [0.15, 0.2) is 0 Å². The molecule has 0 unspecified atom stereocenters. The molecule has 1 saturated heterocycles. The lowest BCUT2D eigenvalue weighted by atomic mass is 10.1. The average Bonchev–Trinajstić information content (AvgIpc) is 2.54. The molecule has 0 bridgehead atoms. The number of aliphatic hydroxyl groups excluding tert-OH is 1. The Labute approximate surface area is 131 Å². The molecule has 2 amide bonds. The van der Waals surface area contributed by atoms with Gasteiger partial charge >= 0.3 is 6.03 Å². The number of urea groups is 1. The van der Waals surface area contributed by atoms with Crippen LogP contribution in [0.3, 0.4) is 0 Å². The van der Waals surface area contributed by atoms with Gasteiger partial charge in [-0.15, -0.1) is 0 Å². The number of carbonyl (C=O) groups excluding carboxylic acids is 1. The molecule has 1 aromatic rings. The maximum atomic E-state index is 11.8. The minimum atomic E-state index is -0.211. The van der Waals surface area contributed by atoms with Gasteiger partial charge < -0.3 is 20.6 Å². The Morgan fingerprint density at radius 1 is 1.41 bits per heavy atom. The topological polar surface area (TPSA) is 77.5 Å². The van der Waals surface area contributed by atoms with Crippen molar-refractivity contribution in [1.29, 1.82) is 0 Å². The van der Waals surface area contributed by atoms with Gasteiger partial charge in [0.25, 0.3) is 0 Å². The zero-order valence-electron chi connectivity index (χ0n) is 13.2. The first kappa shape index (κ1) is 16.5. The molecule has 0 aromatic carbocycles. The van der Waals surface area contributed by atoms with Crippen molar-refractivity contribution in [1.82, 2.24) is 15.6 Å². The van der Waals surface area contributed by atoms with E-state index in [9.17, 15) is 4.79 Å². The van der Waals surface area contributed by atoms with E-state index < -0.39 is 0 Å². The van der Waals surface area contributed by atoms with Crippen LogP contribution >= 0.6 is 0 Å². The number of aromatic nitrogens is 1. The van der Waals surface area contributed by atoms with Crippen LogP contribution in [0.2, 0.25) is 0 Å². The van der Waals surface area contributed by atoms with E-state index in [0.717, 1.165) is 24.5 Å². The molecule has 6 heteroatoms. The summed E-state index contributed by atoms with van der Waals surface area (Å²) in [4.78, 5) is 18.5. The number of pyridine rings is 1. The summed E-state index contributed by atoms with van der Waals surface area (Å²) in [7, 11) is 0. The van der Waals surface area contributed by atoms with Crippen molar-refractivity contribution in [3.63, 3.8) is 0 Å². The molecule has 6 nitrogen and oxygen atoms in total. The number of anilines is 1. The molecule has 1 fully saturated rings. The lowest BCUT2D eigenvalue weighted by molar-refractivity contribution is 0.230. The number of piperidine rings is 1.